The molecule has 0 amide bonds. The minimum Gasteiger partial charge on any atom is -0.356 e. The Balaban J connectivity index is 1.68. The Hall–Kier alpha value is -1.38. The minimum absolute atomic E-state index is 0.135. The van der Waals surface area contributed by atoms with Gasteiger partial charge in [-0.1, -0.05) is 0 Å². The van der Waals surface area contributed by atoms with Crippen LogP contribution in [0.1, 0.15) is 11.5 Å². The average molecular weight is 321 g/mol. The second kappa shape index (κ2) is 4.56. The summed E-state index contributed by atoms with van der Waals surface area (Å²) in [6.07, 6.45) is -4.56. The number of aromatic nitrogens is 2. The zero-order valence-corrected chi connectivity index (χ0v) is 12.1. The van der Waals surface area contributed by atoms with Gasteiger partial charge in [0.15, 0.2) is 9.84 Å². The normalized spacial score (nSPS) is 22.8. The fourth-order valence-electron chi connectivity index (χ4n) is 2.71. The van der Waals surface area contributed by atoms with E-state index in [1.165, 1.54) is 13.0 Å². The molecule has 2 aliphatic rings. The highest BCUT2D eigenvalue weighted by Gasteiger charge is 2.44. The van der Waals surface area contributed by atoms with Gasteiger partial charge in [0.2, 0.25) is 5.82 Å². The number of halogens is 3. The van der Waals surface area contributed by atoms with Crippen LogP contribution in [0, 0.1) is 18.8 Å². The minimum atomic E-state index is -4.56. The van der Waals surface area contributed by atoms with Crippen molar-refractivity contribution >= 4 is 15.7 Å². The van der Waals surface area contributed by atoms with Crippen molar-refractivity contribution in [2.45, 2.75) is 13.1 Å². The molecule has 2 saturated heterocycles. The lowest BCUT2D eigenvalue weighted by Crippen LogP contribution is -2.56. The van der Waals surface area contributed by atoms with E-state index in [1.807, 2.05) is 0 Å². The first-order valence-corrected chi connectivity index (χ1v) is 8.34. The van der Waals surface area contributed by atoms with Crippen molar-refractivity contribution in [3.63, 3.8) is 0 Å². The predicted octanol–water partition coefficient (Wildman–Crippen LogP) is 1.28. The maximum Gasteiger partial charge on any atom is 0.451 e. The summed E-state index contributed by atoms with van der Waals surface area (Å²) in [6.45, 7) is 2.60. The van der Waals surface area contributed by atoms with E-state index < -0.39 is 21.8 Å². The highest BCUT2D eigenvalue weighted by molar-refractivity contribution is 7.92. The van der Waals surface area contributed by atoms with Gasteiger partial charge in [-0.05, 0) is 18.8 Å². The largest absolute Gasteiger partial charge is 0.451 e. The molecule has 3 rings (SSSR count). The summed E-state index contributed by atoms with van der Waals surface area (Å²) in [6, 6.07) is 1.52. The van der Waals surface area contributed by atoms with Crippen molar-refractivity contribution in [3.8, 4) is 0 Å². The second-order valence-electron chi connectivity index (χ2n) is 5.69. The second-order valence-corrected chi connectivity index (χ2v) is 7.84. The zero-order valence-electron chi connectivity index (χ0n) is 11.3. The molecular formula is C12H14F3N3O2S. The molecule has 21 heavy (non-hydrogen) atoms. The molecule has 0 aromatic carbocycles. The van der Waals surface area contributed by atoms with Crippen LogP contribution < -0.4 is 4.90 Å². The number of hydrogen-bond donors (Lipinski definition) is 0. The maximum atomic E-state index is 12.7. The van der Waals surface area contributed by atoms with Crippen LogP contribution in [-0.4, -0.2) is 43.0 Å². The van der Waals surface area contributed by atoms with Crippen LogP contribution in [0.4, 0.5) is 19.0 Å². The Morgan fingerprint density at radius 3 is 2.33 bits per heavy atom. The molecule has 0 aliphatic carbocycles. The van der Waals surface area contributed by atoms with E-state index in [-0.39, 0.29) is 34.9 Å². The lowest BCUT2D eigenvalue weighted by Gasteiger charge is -2.46. The van der Waals surface area contributed by atoms with E-state index in [4.69, 9.17) is 0 Å². The van der Waals surface area contributed by atoms with Gasteiger partial charge in [0.25, 0.3) is 0 Å². The molecule has 5 nitrogen and oxygen atoms in total. The summed E-state index contributed by atoms with van der Waals surface area (Å²) >= 11 is 0. The predicted molar refractivity (Wildman–Crippen MR) is 69.6 cm³/mol. The van der Waals surface area contributed by atoms with Gasteiger partial charge < -0.3 is 4.90 Å². The quantitative estimate of drug-likeness (QED) is 0.821. The molecule has 0 saturated carbocycles. The molecule has 0 bridgehead atoms. The molecule has 116 valence electrons. The van der Waals surface area contributed by atoms with Gasteiger partial charge in [-0.3, -0.25) is 0 Å². The molecule has 9 heteroatoms. The fourth-order valence-corrected chi connectivity index (χ4v) is 4.47. The zero-order chi connectivity index (χ0) is 15.4. The van der Waals surface area contributed by atoms with E-state index in [2.05, 4.69) is 9.97 Å². The summed E-state index contributed by atoms with van der Waals surface area (Å²) in [4.78, 5) is 8.70. The third kappa shape index (κ3) is 2.83. The van der Waals surface area contributed by atoms with E-state index in [0.717, 1.165) is 0 Å². The van der Waals surface area contributed by atoms with E-state index >= 15 is 0 Å². The van der Waals surface area contributed by atoms with Crippen molar-refractivity contribution in [1.29, 1.82) is 0 Å². The van der Waals surface area contributed by atoms with Crippen LogP contribution in [-0.2, 0) is 16.0 Å². The number of aryl methyl sites for hydroxylation is 1. The Labute approximate surface area is 120 Å². The molecule has 1 aromatic rings. The van der Waals surface area contributed by atoms with Gasteiger partial charge in [-0.25, -0.2) is 18.4 Å². The summed E-state index contributed by atoms with van der Waals surface area (Å²) in [5.41, 5.74) is 0.266. The molecule has 0 N–H and O–H groups in total. The van der Waals surface area contributed by atoms with Crippen LogP contribution in [0.2, 0.25) is 0 Å². The van der Waals surface area contributed by atoms with E-state index in [9.17, 15) is 21.6 Å². The Morgan fingerprint density at radius 2 is 1.81 bits per heavy atom. The van der Waals surface area contributed by atoms with Crippen molar-refractivity contribution in [2.24, 2.45) is 11.8 Å². The Kier molecular flexibility index (Phi) is 3.16. The number of anilines is 1. The van der Waals surface area contributed by atoms with Crippen LogP contribution in [0.5, 0.6) is 0 Å². The topological polar surface area (TPSA) is 63.2 Å². The average Bonchev–Trinajstić information content (AvgIpc) is 2.22. The maximum absolute atomic E-state index is 12.7. The first-order chi connectivity index (χ1) is 9.64. The summed E-state index contributed by atoms with van der Waals surface area (Å²) in [7, 11) is -2.86. The third-order valence-corrected chi connectivity index (χ3v) is 5.80. The number of sulfone groups is 1. The first-order valence-electron chi connectivity index (χ1n) is 6.52. The summed E-state index contributed by atoms with van der Waals surface area (Å²) in [5.74, 6) is -0.126. The van der Waals surface area contributed by atoms with Gasteiger partial charge in [0.05, 0.1) is 11.5 Å². The van der Waals surface area contributed by atoms with Crippen molar-refractivity contribution in [2.75, 3.05) is 29.5 Å². The number of rotatable bonds is 2. The van der Waals surface area contributed by atoms with Crippen molar-refractivity contribution in [1.82, 2.24) is 9.97 Å². The molecule has 3 heterocycles. The molecule has 2 aliphatic heterocycles. The number of nitrogens with zero attached hydrogens (tertiary/aromatic N) is 3. The molecule has 0 atom stereocenters. The highest BCUT2D eigenvalue weighted by atomic mass is 32.2. The number of hydrogen-bond acceptors (Lipinski definition) is 5. The fraction of sp³-hybridized carbons (Fsp3) is 0.667. The van der Waals surface area contributed by atoms with E-state index in [0.29, 0.717) is 13.1 Å². The Morgan fingerprint density at radius 1 is 1.19 bits per heavy atom. The van der Waals surface area contributed by atoms with Crippen LogP contribution in [0.25, 0.3) is 0 Å². The third-order valence-electron chi connectivity index (χ3n) is 3.93. The van der Waals surface area contributed by atoms with Gasteiger partial charge in [0.1, 0.15) is 5.82 Å². The molecule has 2 fully saturated rings. The van der Waals surface area contributed by atoms with Crippen LogP contribution in [0.3, 0.4) is 0 Å². The van der Waals surface area contributed by atoms with Crippen LogP contribution in [0.15, 0.2) is 6.07 Å². The molecule has 0 spiro atoms. The van der Waals surface area contributed by atoms with Crippen LogP contribution >= 0.6 is 0 Å². The van der Waals surface area contributed by atoms with Gasteiger partial charge in [-0.15, -0.1) is 0 Å². The molecule has 1 aromatic heterocycles. The lowest BCUT2D eigenvalue weighted by atomic mass is 9.87. The van der Waals surface area contributed by atoms with Crippen molar-refractivity contribution < 1.29 is 21.6 Å². The van der Waals surface area contributed by atoms with Gasteiger partial charge in [0, 0.05) is 24.8 Å². The molecule has 0 unspecified atom stereocenters. The SMILES string of the molecule is Cc1cc(N2CC(C3CS(=O)(=O)C3)C2)nc(C(F)(F)F)n1. The molecule has 0 radical (unpaired) electrons. The first kappa shape index (κ1) is 14.6. The monoisotopic (exact) mass is 321 g/mol. The van der Waals surface area contributed by atoms with E-state index in [1.54, 1.807) is 4.90 Å². The number of alkyl halides is 3. The standard InChI is InChI=1S/C12H14F3N3O2S/c1-7-2-10(17-11(16-7)12(13,14)15)18-3-8(4-18)9-5-21(19,20)6-9/h2,8-9H,3-6H2,1H3. The summed E-state index contributed by atoms with van der Waals surface area (Å²) < 4.78 is 60.3. The molecular weight excluding hydrogens is 307 g/mol. The van der Waals surface area contributed by atoms with Gasteiger partial charge in [-0.2, -0.15) is 13.2 Å². The lowest BCUT2D eigenvalue weighted by molar-refractivity contribution is -0.145. The smallest absolute Gasteiger partial charge is 0.356 e. The summed E-state index contributed by atoms with van der Waals surface area (Å²) in [5, 5.41) is 0. The van der Waals surface area contributed by atoms with Gasteiger partial charge >= 0.3 is 6.18 Å². The Bertz CT molecular complexity index is 657. The van der Waals surface area contributed by atoms with Crippen molar-refractivity contribution in [3.05, 3.63) is 17.6 Å². The highest BCUT2D eigenvalue weighted by Crippen LogP contribution is 2.35.